The SMILES string of the molecule is Cc1ccccc1CSCCCNc1ncc(F)c(N(C)C)n1. The molecule has 2 aromatic rings. The van der Waals surface area contributed by atoms with Crippen molar-refractivity contribution in [3.63, 3.8) is 0 Å². The Hall–Kier alpha value is -1.82. The standard InChI is InChI=1S/C17H23FN4S/c1-13-7-4-5-8-14(13)12-23-10-6-9-19-17-20-11-15(18)16(21-17)22(2)3/h4-5,7-8,11H,6,9-10,12H2,1-3H3,(H,19,20,21). The first kappa shape index (κ1) is 17.5. The van der Waals surface area contributed by atoms with Gasteiger partial charge in [-0.25, -0.2) is 9.37 Å². The topological polar surface area (TPSA) is 41.1 Å². The van der Waals surface area contributed by atoms with Crippen LogP contribution in [0.25, 0.3) is 0 Å². The van der Waals surface area contributed by atoms with Gasteiger partial charge in [-0.1, -0.05) is 24.3 Å². The van der Waals surface area contributed by atoms with Crippen molar-refractivity contribution in [3.8, 4) is 0 Å². The van der Waals surface area contributed by atoms with Crippen molar-refractivity contribution in [2.75, 3.05) is 36.6 Å². The number of thioether (sulfide) groups is 1. The number of hydrogen-bond acceptors (Lipinski definition) is 5. The number of nitrogens with one attached hydrogen (secondary N) is 1. The van der Waals surface area contributed by atoms with Crippen molar-refractivity contribution in [3.05, 3.63) is 47.4 Å². The Labute approximate surface area is 141 Å². The number of rotatable bonds is 8. The van der Waals surface area contributed by atoms with Gasteiger partial charge >= 0.3 is 0 Å². The summed E-state index contributed by atoms with van der Waals surface area (Å²) in [6.45, 7) is 2.92. The van der Waals surface area contributed by atoms with Crippen LogP contribution in [0.1, 0.15) is 17.5 Å². The lowest BCUT2D eigenvalue weighted by Crippen LogP contribution is -2.15. The number of hydrogen-bond donors (Lipinski definition) is 1. The smallest absolute Gasteiger partial charge is 0.224 e. The number of nitrogens with zero attached hydrogens (tertiary/aromatic N) is 3. The largest absolute Gasteiger partial charge is 0.360 e. The average molecular weight is 334 g/mol. The Morgan fingerprint density at radius 1 is 1.26 bits per heavy atom. The molecule has 0 amide bonds. The second-order valence-corrected chi connectivity index (χ2v) is 6.62. The van der Waals surface area contributed by atoms with Gasteiger partial charge in [0.2, 0.25) is 5.95 Å². The van der Waals surface area contributed by atoms with Crippen LogP contribution in [0, 0.1) is 12.7 Å². The van der Waals surface area contributed by atoms with Crippen molar-refractivity contribution >= 4 is 23.5 Å². The van der Waals surface area contributed by atoms with Gasteiger partial charge < -0.3 is 10.2 Å². The highest BCUT2D eigenvalue weighted by Gasteiger charge is 2.08. The summed E-state index contributed by atoms with van der Waals surface area (Å²) in [5.74, 6) is 2.46. The second kappa shape index (κ2) is 8.72. The van der Waals surface area contributed by atoms with E-state index in [0.29, 0.717) is 11.8 Å². The summed E-state index contributed by atoms with van der Waals surface area (Å²) in [6.07, 6.45) is 2.21. The van der Waals surface area contributed by atoms with E-state index in [-0.39, 0.29) is 0 Å². The van der Waals surface area contributed by atoms with Gasteiger partial charge in [0.1, 0.15) is 0 Å². The van der Waals surface area contributed by atoms with E-state index < -0.39 is 5.82 Å². The van der Waals surface area contributed by atoms with Crippen LogP contribution < -0.4 is 10.2 Å². The van der Waals surface area contributed by atoms with E-state index in [1.54, 1.807) is 19.0 Å². The Kier molecular flexibility index (Phi) is 6.65. The zero-order valence-electron chi connectivity index (χ0n) is 13.8. The number of anilines is 2. The Morgan fingerprint density at radius 3 is 2.78 bits per heavy atom. The summed E-state index contributed by atoms with van der Waals surface area (Å²) in [7, 11) is 3.52. The lowest BCUT2D eigenvalue weighted by Gasteiger charge is -2.13. The van der Waals surface area contributed by atoms with Gasteiger partial charge in [0.05, 0.1) is 6.20 Å². The Balaban J connectivity index is 1.70. The predicted octanol–water partition coefficient (Wildman–Crippen LogP) is 3.73. The molecule has 124 valence electrons. The quantitative estimate of drug-likeness (QED) is 0.745. The molecule has 0 unspecified atom stereocenters. The third-order valence-electron chi connectivity index (χ3n) is 3.42. The molecule has 0 saturated heterocycles. The fourth-order valence-electron chi connectivity index (χ4n) is 2.09. The fraction of sp³-hybridized carbons (Fsp3) is 0.412. The van der Waals surface area contributed by atoms with Crippen LogP contribution in [0.5, 0.6) is 0 Å². The molecule has 0 aliphatic carbocycles. The maximum absolute atomic E-state index is 13.5. The number of aryl methyl sites for hydroxylation is 1. The van der Waals surface area contributed by atoms with E-state index in [0.717, 1.165) is 24.5 Å². The highest BCUT2D eigenvalue weighted by Crippen LogP contribution is 2.17. The first-order valence-corrected chi connectivity index (χ1v) is 8.79. The second-order valence-electron chi connectivity index (χ2n) is 5.52. The number of benzene rings is 1. The van der Waals surface area contributed by atoms with Gasteiger partial charge in [0, 0.05) is 26.4 Å². The maximum atomic E-state index is 13.5. The molecule has 4 nitrogen and oxygen atoms in total. The van der Waals surface area contributed by atoms with E-state index >= 15 is 0 Å². The van der Waals surface area contributed by atoms with Gasteiger partial charge in [-0.15, -0.1) is 0 Å². The summed E-state index contributed by atoms with van der Waals surface area (Å²) in [6, 6.07) is 8.47. The highest BCUT2D eigenvalue weighted by atomic mass is 32.2. The Bertz CT molecular complexity index is 634. The molecule has 23 heavy (non-hydrogen) atoms. The lowest BCUT2D eigenvalue weighted by atomic mass is 10.1. The molecule has 1 N–H and O–H groups in total. The third kappa shape index (κ3) is 5.39. The monoisotopic (exact) mass is 334 g/mol. The molecule has 0 radical (unpaired) electrons. The molecule has 0 fully saturated rings. The molecule has 0 bridgehead atoms. The molecule has 1 aromatic carbocycles. The summed E-state index contributed by atoms with van der Waals surface area (Å²) >= 11 is 1.92. The van der Waals surface area contributed by atoms with Crippen molar-refractivity contribution < 1.29 is 4.39 Å². The normalized spacial score (nSPS) is 10.6. The third-order valence-corrected chi connectivity index (χ3v) is 4.51. The van der Waals surface area contributed by atoms with Crippen molar-refractivity contribution in [1.29, 1.82) is 0 Å². The predicted molar refractivity (Wildman–Crippen MR) is 96.8 cm³/mol. The van der Waals surface area contributed by atoms with E-state index in [1.165, 1.54) is 17.3 Å². The summed E-state index contributed by atoms with van der Waals surface area (Å²) in [5, 5.41) is 3.15. The van der Waals surface area contributed by atoms with Gasteiger partial charge in [-0.3, -0.25) is 0 Å². The molecular formula is C17H23FN4S. The van der Waals surface area contributed by atoms with Crippen LogP contribution in [0.4, 0.5) is 16.2 Å². The van der Waals surface area contributed by atoms with E-state index in [2.05, 4.69) is 46.5 Å². The van der Waals surface area contributed by atoms with Crippen molar-refractivity contribution in [2.24, 2.45) is 0 Å². The van der Waals surface area contributed by atoms with Crippen LogP contribution in [-0.4, -0.2) is 36.4 Å². The molecular weight excluding hydrogens is 311 g/mol. The van der Waals surface area contributed by atoms with Gasteiger partial charge in [-0.2, -0.15) is 16.7 Å². The minimum absolute atomic E-state index is 0.302. The van der Waals surface area contributed by atoms with E-state index in [1.807, 2.05) is 11.8 Å². The van der Waals surface area contributed by atoms with Crippen LogP contribution in [0.2, 0.25) is 0 Å². The van der Waals surface area contributed by atoms with Crippen LogP contribution in [-0.2, 0) is 5.75 Å². The van der Waals surface area contributed by atoms with Crippen molar-refractivity contribution in [2.45, 2.75) is 19.1 Å². The van der Waals surface area contributed by atoms with Crippen LogP contribution in [0.3, 0.4) is 0 Å². The van der Waals surface area contributed by atoms with Crippen LogP contribution in [0.15, 0.2) is 30.5 Å². The Morgan fingerprint density at radius 2 is 2.04 bits per heavy atom. The van der Waals surface area contributed by atoms with Gasteiger partial charge in [0.25, 0.3) is 0 Å². The summed E-state index contributed by atoms with van der Waals surface area (Å²) in [5.41, 5.74) is 2.73. The number of halogens is 1. The van der Waals surface area contributed by atoms with Crippen LogP contribution >= 0.6 is 11.8 Å². The molecule has 0 aliphatic rings. The zero-order valence-corrected chi connectivity index (χ0v) is 14.7. The highest BCUT2D eigenvalue weighted by molar-refractivity contribution is 7.98. The summed E-state index contributed by atoms with van der Waals surface area (Å²) in [4.78, 5) is 9.78. The molecule has 0 aliphatic heterocycles. The molecule has 1 heterocycles. The minimum atomic E-state index is -0.408. The van der Waals surface area contributed by atoms with Crippen molar-refractivity contribution in [1.82, 2.24) is 9.97 Å². The first-order valence-electron chi connectivity index (χ1n) is 7.64. The molecule has 0 spiro atoms. The first-order chi connectivity index (χ1) is 11.1. The zero-order chi connectivity index (χ0) is 16.7. The fourth-order valence-corrected chi connectivity index (χ4v) is 3.12. The average Bonchev–Trinajstić information content (AvgIpc) is 2.53. The molecule has 6 heteroatoms. The summed E-state index contributed by atoms with van der Waals surface area (Å²) < 4.78 is 13.5. The minimum Gasteiger partial charge on any atom is -0.360 e. The van der Waals surface area contributed by atoms with E-state index in [9.17, 15) is 4.39 Å². The molecule has 0 saturated carbocycles. The lowest BCUT2D eigenvalue weighted by molar-refractivity contribution is 0.612. The van der Waals surface area contributed by atoms with Gasteiger partial charge in [-0.05, 0) is 30.2 Å². The van der Waals surface area contributed by atoms with Gasteiger partial charge in [0.15, 0.2) is 11.6 Å². The molecule has 0 atom stereocenters. The maximum Gasteiger partial charge on any atom is 0.224 e. The number of aromatic nitrogens is 2. The molecule has 2 rings (SSSR count). The molecule has 1 aromatic heterocycles. The van der Waals surface area contributed by atoms with E-state index in [4.69, 9.17) is 0 Å².